The molecule has 0 fully saturated rings. The van der Waals surface area contributed by atoms with Crippen LogP contribution in [0, 0.1) is 0 Å². The second-order valence-electron chi connectivity index (χ2n) is 4.98. The molecule has 2 atom stereocenters. The van der Waals surface area contributed by atoms with E-state index < -0.39 is 12.1 Å². The molecule has 2 aromatic rings. The Labute approximate surface area is 134 Å². The number of aliphatic hydroxyl groups excluding tert-OH is 1. The average Bonchev–Trinajstić information content (AvgIpc) is 3.20. The topological polar surface area (TPSA) is 104 Å². The van der Waals surface area contributed by atoms with Crippen LogP contribution in [0.1, 0.15) is 49.0 Å². The lowest BCUT2D eigenvalue weighted by Crippen LogP contribution is -2.12. The van der Waals surface area contributed by atoms with Crippen molar-refractivity contribution in [2.24, 2.45) is 5.73 Å². The number of hydrogen-bond donors (Lipinski definition) is 2. The fraction of sp³-hybridized carbons (Fsp3) is 0.438. The molecule has 1 unspecified atom stereocenters. The average molecular weight is 322 g/mol. The minimum Gasteiger partial charge on any atom is -0.493 e. The predicted octanol–water partition coefficient (Wildman–Crippen LogP) is 2.72. The van der Waals surface area contributed by atoms with Crippen molar-refractivity contribution < 1.29 is 23.5 Å². The van der Waals surface area contributed by atoms with Crippen molar-refractivity contribution in [1.29, 1.82) is 0 Å². The van der Waals surface area contributed by atoms with Crippen LogP contribution in [0.15, 0.2) is 33.9 Å². The van der Waals surface area contributed by atoms with E-state index in [9.17, 15) is 5.11 Å². The smallest absolute Gasteiger partial charge is 0.260 e. The number of methoxy groups -OCH3 is 1. The van der Waals surface area contributed by atoms with E-state index in [-0.39, 0.29) is 17.4 Å². The molecule has 126 valence electrons. The number of furan rings is 1. The molecule has 0 amide bonds. The highest BCUT2D eigenvalue weighted by Gasteiger charge is 2.31. The van der Waals surface area contributed by atoms with Crippen LogP contribution in [0.2, 0.25) is 0 Å². The normalized spacial score (nSPS) is 13.6. The van der Waals surface area contributed by atoms with Gasteiger partial charge >= 0.3 is 0 Å². The van der Waals surface area contributed by atoms with Gasteiger partial charge in [0, 0.05) is 6.07 Å². The molecule has 0 aliphatic rings. The Morgan fingerprint density at radius 1 is 1.48 bits per heavy atom. The summed E-state index contributed by atoms with van der Waals surface area (Å²) in [7, 11) is 1.49. The second-order valence-corrected chi connectivity index (χ2v) is 4.98. The summed E-state index contributed by atoms with van der Waals surface area (Å²) in [6, 6.07) is 0.980. The summed E-state index contributed by atoms with van der Waals surface area (Å²) in [4.78, 5) is 0. The number of rotatable bonds is 9. The van der Waals surface area contributed by atoms with Crippen LogP contribution < -0.4 is 15.2 Å². The Kier molecular flexibility index (Phi) is 5.84. The first-order valence-electron chi connectivity index (χ1n) is 7.43. The maximum absolute atomic E-state index is 10.7. The summed E-state index contributed by atoms with van der Waals surface area (Å²) < 4.78 is 21.4. The zero-order chi connectivity index (χ0) is 16.8. The SMILES string of the molecule is C=C[C@H](N)c1onc(OCCCC)c1C(O)c1occc1OC. The first-order valence-corrected chi connectivity index (χ1v) is 7.43. The fourth-order valence-corrected chi connectivity index (χ4v) is 2.12. The fourth-order valence-electron chi connectivity index (χ4n) is 2.12. The quantitative estimate of drug-likeness (QED) is 0.540. The molecule has 23 heavy (non-hydrogen) atoms. The summed E-state index contributed by atoms with van der Waals surface area (Å²) in [6.45, 7) is 6.14. The van der Waals surface area contributed by atoms with Crippen LogP contribution in [0.4, 0.5) is 0 Å². The van der Waals surface area contributed by atoms with E-state index in [2.05, 4.69) is 18.7 Å². The number of aliphatic hydroxyl groups is 1. The van der Waals surface area contributed by atoms with E-state index in [1.807, 2.05) is 0 Å². The number of nitrogens with zero attached hydrogens (tertiary/aromatic N) is 1. The molecule has 0 radical (unpaired) electrons. The zero-order valence-electron chi connectivity index (χ0n) is 13.3. The monoisotopic (exact) mass is 322 g/mol. The molecule has 3 N–H and O–H groups in total. The summed E-state index contributed by atoms with van der Waals surface area (Å²) >= 11 is 0. The van der Waals surface area contributed by atoms with Crippen LogP contribution in [0.5, 0.6) is 11.6 Å². The molecule has 0 aromatic carbocycles. The molecule has 0 saturated carbocycles. The molecule has 0 aliphatic heterocycles. The molecule has 7 nitrogen and oxygen atoms in total. The van der Waals surface area contributed by atoms with Crippen molar-refractivity contribution >= 4 is 0 Å². The van der Waals surface area contributed by atoms with E-state index in [1.165, 1.54) is 19.4 Å². The van der Waals surface area contributed by atoms with E-state index >= 15 is 0 Å². The highest BCUT2D eigenvalue weighted by atomic mass is 16.5. The summed E-state index contributed by atoms with van der Waals surface area (Å²) in [5, 5.41) is 14.6. The van der Waals surface area contributed by atoms with Crippen molar-refractivity contribution in [3.63, 3.8) is 0 Å². The van der Waals surface area contributed by atoms with Gasteiger partial charge < -0.3 is 29.3 Å². The minimum atomic E-state index is -1.18. The molecule has 2 aromatic heterocycles. The molecule has 2 rings (SSSR count). The zero-order valence-corrected chi connectivity index (χ0v) is 13.3. The maximum atomic E-state index is 10.7. The molecular formula is C16H22N2O5. The van der Waals surface area contributed by atoms with Gasteiger partial charge in [-0.25, -0.2) is 0 Å². The lowest BCUT2D eigenvalue weighted by Gasteiger charge is -2.13. The van der Waals surface area contributed by atoms with Crippen molar-refractivity contribution in [3.8, 4) is 11.6 Å². The molecule has 2 heterocycles. The third-order valence-corrected chi connectivity index (χ3v) is 3.42. The standard InChI is InChI=1S/C16H22N2O5/c1-4-6-8-22-16-12(14(23-18-16)10(17)5-2)13(19)15-11(20-3)7-9-21-15/h5,7,9-10,13,19H,2,4,6,8,17H2,1,3H3/t10-,13?/m0/s1. The van der Waals surface area contributed by atoms with Gasteiger partial charge in [0.25, 0.3) is 5.88 Å². The maximum Gasteiger partial charge on any atom is 0.260 e. The minimum absolute atomic E-state index is 0.191. The van der Waals surface area contributed by atoms with Crippen molar-refractivity contribution in [2.45, 2.75) is 31.9 Å². The molecule has 7 heteroatoms. The van der Waals surface area contributed by atoms with Crippen molar-refractivity contribution in [3.05, 3.63) is 42.1 Å². The number of ether oxygens (including phenoxy) is 2. The predicted molar refractivity (Wildman–Crippen MR) is 83.4 cm³/mol. The van der Waals surface area contributed by atoms with Gasteiger partial charge in [0.2, 0.25) is 0 Å². The highest BCUT2D eigenvalue weighted by molar-refractivity contribution is 5.41. The third-order valence-electron chi connectivity index (χ3n) is 3.42. The van der Waals surface area contributed by atoms with Crippen LogP contribution in [0.3, 0.4) is 0 Å². The number of unbranched alkanes of at least 4 members (excludes halogenated alkanes) is 1. The lowest BCUT2D eigenvalue weighted by atomic mass is 10.0. The van der Waals surface area contributed by atoms with Crippen LogP contribution in [-0.4, -0.2) is 24.0 Å². The Hall–Kier alpha value is -2.25. The van der Waals surface area contributed by atoms with E-state index in [4.69, 9.17) is 24.1 Å². The van der Waals surface area contributed by atoms with Gasteiger partial charge in [-0.3, -0.25) is 0 Å². The molecule has 0 spiro atoms. The van der Waals surface area contributed by atoms with E-state index in [0.29, 0.717) is 17.9 Å². The van der Waals surface area contributed by atoms with E-state index in [1.54, 1.807) is 6.07 Å². The number of hydrogen-bond acceptors (Lipinski definition) is 7. The highest BCUT2D eigenvalue weighted by Crippen LogP contribution is 2.39. The van der Waals surface area contributed by atoms with Gasteiger partial charge in [0.15, 0.2) is 17.3 Å². The third kappa shape index (κ3) is 3.57. The van der Waals surface area contributed by atoms with Gasteiger partial charge in [-0.1, -0.05) is 19.4 Å². The van der Waals surface area contributed by atoms with Gasteiger partial charge in [0.05, 0.1) is 31.6 Å². The van der Waals surface area contributed by atoms with Gasteiger partial charge in [-0.15, -0.1) is 6.58 Å². The number of aromatic nitrogens is 1. The Morgan fingerprint density at radius 2 is 2.26 bits per heavy atom. The van der Waals surface area contributed by atoms with Crippen molar-refractivity contribution in [1.82, 2.24) is 5.16 Å². The Morgan fingerprint density at radius 3 is 2.91 bits per heavy atom. The largest absolute Gasteiger partial charge is 0.493 e. The van der Waals surface area contributed by atoms with Crippen LogP contribution >= 0.6 is 0 Å². The van der Waals surface area contributed by atoms with Gasteiger partial charge in [-0.2, -0.15) is 0 Å². The second kappa shape index (κ2) is 7.85. The molecule has 0 aliphatic carbocycles. The Balaban J connectivity index is 2.39. The van der Waals surface area contributed by atoms with Crippen LogP contribution in [0.25, 0.3) is 0 Å². The number of nitrogens with two attached hydrogens (primary N) is 1. The first kappa shape index (κ1) is 17.1. The molecular weight excluding hydrogens is 300 g/mol. The lowest BCUT2D eigenvalue weighted by molar-refractivity contribution is 0.174. The van der Waals surface area contributed by atoms with Gasteiger partial charge in [-0.05, 0) is 11.6 Å². The molecule has 0 saturated heterocycles. The summed E-state index contributed by atoms with van der Waals surface area (Å²) in [6.07, 6.45) is 3.57. The van der Waals surface area contributed by atoms with Crippen LogP contribution in [-0.2, 0) is 0 Å². The molecule has 0 bridgehead atoms. The Bertz CT molecular complexity index is 634. The van der Waals surface area contributed by atoms with Gasteiger partial charge in [0.1, 0.15) is 6.10 Å². The summed E-state index contributed by atoms with van der Waals surface area (Å²) in [5.41, 5.74) is 6.27. The first-order chi connectivity index (χ1) is 11.1. The van der Waals surface area contributed by atoms with E-state index in [0.717, 1.165) is 12.8 Å². The van der Waals surface area contributed by atoms with Crippen molar-refractivity contribution in [2.75, 3.05) is 13.7 Å². The summed E-state index contributed by atoms with van der Waals surface area (Å²) in [5.74, 6) is 1.11.